The highest BCUT2D eigenvalue weighted by atomic mass is 16.5. The molecule has 0 saturated heterocycles. The minimum atomic E-state index is -0.448. The monoisotopic (exact) mass is 197 g/mol. The maximum Gasteiger partial charge on any atom is 0.412 e. The highest BCUT2D eigenvalue weighted by Crippen LogP contribution is 2.07. The molecule has 0 atom stereocenters. The molecule has 0 unspecified atom stereocenters. The van der Waals surface area contributed by atoms with Gasteiger partial charge in [-0.05, 0) is 12.1 Å². The number of carbonyl (C=O) groups excluding carboxylic acids is 1. The molecular weight excluding hydrogens is 186 g/mol. The first kappa shape index (κ1) is 12.0. The fourth-order valence-electron chi connectivity index (χ4n) is 0.647. The molecule has 1 amide bonds. The Kier molecular flexibility index (Phi) is 6.49. The Labute approximate surface area is 81.3 Å². The van der Waals surface area contributed by atoms with Gasteiger partial charge in [0.2, 0.25) is 0 Å². The highest BCUT2D eigenvalue weighted by molar-refractivity contribution is 5.69. The van der Waals surface area contributed by atoms with Crippen molar-refractivity contribution in [3.05, 3.63) is 30.3 Å². The van der Waals surface area contributed by atoms with Crippen molar-refractivity contribution in [1.82, 2.24) is 5.32 Å². The van der Waals surface area contributed by atoms with E-state index in [0.717, 1.165) is 0 Å². The van der Waals surface area contributed by atoms with Crippen molar-refractivity contribution in [2.45, 2.75) is 0 Å². The zero-order chi connectivity index (χ0) is 10.8. The minimum Gasteiger partial charge on any atom is -0.483 e. The molecule has 5 nitrogen and oxygen atoms in total. The normalized spacial score (nSPS) is 7.79. The summed E-state index contributed by atoms with van der Waals surface area (Å²) in [6.45, 7) is -0.250. The van der Waals surface area contributed by atoms with Crippen LogP contribution in [0.2, 0.25) is 0 Å². The summed E-state index contributed by atoms with van der Waals surface area (Å²) in [6.07, 6.45) is -0.448. The van der Waals surface area contributed by atoms with Crippen molar-refractivity contribution >= 4 is 12.6 Å². The third-order valence-corrected chi connectivity index (χ3v) is 1.16. The van der Waals surface area contributed by atoms with Crippen LogP contribution in [0.15, 0.2) is 30.3 Å². The molecule has 0 aliphatic carbocycles. The first-order chi connectivity index (χ1) is 6.74. The lowest BCUT2D eigenvalue weighted by Crippen LogP contribution is -2.21. The van der Waals surface area contributed by atoms with Gasteiger partial charge in [-0.25, -0.2) is 4.79 Å². The molecule has 0 aliphatic heterocycles. The van der Waals surface area contributed by atoms with Crippen LogP contribution in [0, 0.1) is 0 Å². The van der Waals surface area contributed by atoms with Crippen molar-refractivity contribution in [3.63, 3.8) is 0 Å². The van der Waals surface area contributed by atoms with Gasteiger partial charge in [0.05, 0.1) is 0 Å². The second-order valence-electron chi connectivity index (χ2n) is 2.06. The van der Waals surface area contributed by atoms with Crippen LogP contribution in [0.4, 0.5) is 4.79 Å². The molecule has 0 aliphatic rings. The lowest BCUT2D eigenvalue weighted by atomic mass is 10.3. The van der Waals surface area contributed by atoms with Crippen LogP contribution in [-0.2, 0) is 4.79 Å². The second-order valence-corrected chi connectivity index (χ2v) is 2.06. The van der Waals surface area contributed by atoms with E-state index in [-0.39, 0.29) is 6.47 Å². The summed E-state index contributed by atoms with van der Waals surface area (Å²) < 4.78 is 4.81. The van der Waals surface area contributed by atoms with Crippen molar-refractivity contribution in [2.75, 3.05) is 7.05 Å². The second kappa shape index (κ2) is 7.60. The van der Waals surface area contributed by atoms with Crippen molar-refractivity contribution in [1.29, 1.82) is 0 Å². The molecule has 0 heterocycles. The van der Waals surface area contributed by atoms with Crippen LogP contribution in [0.5, 0.6) is 5.75 Å². The van der Waals surface area contributed by atoms with Gasteiger partial charge in [-0.2, -0.15) is 0 Å². The number of carboxylic acid groups (broad SMARTS) is 1. The summed E-state index contributed by atoms with van der Waals surface area (Å²) in [5, 5.41) is 9.24. The Morgan fingerprint density at radius 3 is 2.36 bits per heavy atom. The maximum atomic E-state index is 10.6. The Balaban J connectivity index is 0.000000500. The van der Waals surface area contributed by atoms with Crippen LogP contribution in [0.3, 0.4) is 0 Å². The molecule has 0 fully saturated rings. The lowest BCUT2D eigenvalue weighted by molar-refractivity contribution is -0.122. The van der Waals surface area contributed by atoms with Crippen molar-refractivity contribution < 1.29 is 19.4 Å². The number of ether oxygens (including phenoxy) is 1. The Bertz CT molecular complexity index is 273. The zero-order valence-corrected chi connectivity index (χ0v) is 7.64. The number of nitrogens with one attached hydrogen (secondary N) is 1. The molecule has 2 N–H and O–H groups in total. The summed E-state index contributed by atoms with van der Waals surface area (Å²) in [4.78, 5) is 19.0. The molecule has 0 aromatic heterocycles. The molecule has 1 aromatic rings. The van der Waals surface area contributed by atoms with E-state index in [1.165, 1.54) is 7.05 Å². The zero-order valence-electron chi connectivity index (χ0n) is 7.64. The SMILES string of the molecule is CNC(=O)Oc1ccccc1.O=CO. The molecule has 0 radical (unpaired) electrons. The van der Waals surface area contributed by atoms with Gasteiger partial charge in [0, 0.05) is 7.05 Å². The van der Waals surface area contributed by atoms with E-state index in [4.69, 9.17) is 14.6 Å². The molecule has 1 aromatic carbocycles. The van der Waals surface area contributed by atoms with Crippen LogP contribution in [0.25, 0.3) is 0 Å². The quantitative estimate of drug-likeness (QED) is 0.661. The van der Waals surface area contributed by atoms with Gasteiger partial charge in [0.15, 0.2) is 0 Å². The van der Waals surface area contributed by atoms with Crippen LogP contribution < -0.4 is 10.1 Å². The van der Waals surface area contributed by atoms with E-state index in [9.17, 15) is 4.79 Å². The first-order valence-electron chi connectivity index (χ1n) is 3.77. The Hall–Kier alpha value is -2.04. The van der Waals surface area contributed by atoms with E-state index in [0.29, 0.717) is 5.75 Å². The number of amides is 1. The van der Waals surface area contributed by atoms with Crippen molar-refractivity contribution in [2.24, 2.45) is 0 Å². The Morgan fingerprint density at radius 1 is 1.43 bits per heavy atom. The van der Waals surface area contributed by atoms with Gasteiger partial charge < -0.3 is 15.2 Å². The largest absolute Gasteiger partial charge is 0.483 e. The average molecular weight is 197 g/mol. The summed E-state index contributed by atoms with van der Waals surface area (Å²) in [5.74, 6) is 0.548. The van der Waals surface area contributed by atoms with E-state index in [1.54, 1.807) is 24.3 Å². The van der Waals surface area contributed by atoms with Gasteiger partial charge in [-0.15, -0.1) is 0 Å². The van der Waals surface area contributed by atoms with Gasteiger partial charge in [0.1, 0.15) is 5.75 Å². The first-order valence-corrected chi connectivity index (χ1v) is 3.77. The summed E-state index contributed by atoms with van der Waals surface area (Å²) in [6, 6.07) is 8.90. The fourth-order valence-corrected chi connectivity index (χ4v) is 0.647. The number of rotatable bonds is 1. The minimum absolute atomic E-state index is 0.250. The Morgan fingerprint density at radius 2 is 1.93 bits per heavy atom. The molecule has 1 rings (SSSR count). The topological polar surface area (TPSA) is 75.6 Å². The van der Waals surface area contributed by atoms with Gasteiger partial charge in [-0.1, -0.05) is 18.2 Å². The summed E-state index contributed by atoms with van der Waals surface area (Å²) in [5.41, 5.74) is 0. The summed E-state index contributed by atoms with van der Waals surface area (Å²) in [7, 11) is 1.52. The highest BCUT2D eigenvalue weighted by Gasteiger charge is 1.97. The average Bonchev–Trinajstić information content (AvgIpc) is 2.20. The van der Waals surface area contributed by atoms with Crippen LogP contribution >= 0.6 is 0 Å². The molecule has 0 saturated carbocycles. The standard InChI is InChI=1S/C8H9NO2.CH2O2/c1-9-8(10)11-7-5-3-2-4-6-7;2-1-3/h2-6H,1H3,(H,9,10);1H,(H,2,3). The molecule has 14 heavy (non-hydrogen) atoms. The lowest BCUT2D eigenvalue weighted by Gasteiger charge is -2.00. The van der Waals surface area contributed by atoms with Crippen LogP contribution in [0.1, 0.15) is 0 Å². The molecule has 0 spiro atoms. The number of para-hydroxylation sites is 1. The fraction of sp³-hybridized carbons (Fsp3) is 0.111. The number of hydrogen-bond donors (Lipinski definition) is 2. The third kappa shape index (κ3) is 5.59. The smallest absolute Gasteiger partial charge is 0.412 e. The predicted molar refractivity (Wildman–Crippen MR) is 50.2 cm³/mol. The van der Waals surface area contributed by atoms with E-state index in [1.807, 2.05) is 6.07 Å². The van der Waals surface area contributed by atoms with Gasteiger partial charge in [0.25, 0.3) is 6.47 Å². The summed E-state index contributed by atoms with van der Waals surface area (Å²) >= 11 is 0. The number of carbonyl (C=O) groups is 2. The van der Waals surface area contributed by atoms with E-state index in [2.05, 4.69) is 5.32 Å². The van der Waals surface area contributed by atoms with E-state index < -0.39 is 6.09 Å². The molecule has 76 valence electrons. The number of hydrogen-bond acceptors (Lipinski definition) is 3. The molecular formula is C9H11NO4. The van der Waals surface area contributed by atoms with Gasteiger partial charge >= 0.3 is 6.09 Å². The van der Waals surface area contributed by atoms with E-state index >= 15 is 0 Å². The number of benzene rings is 1. The maximum absolute atomic E-state index is 10.6. The van der Waals surface area contributed by atoms with Crippen LogP contribution in [-0.4, -0.2) is 24.7 Å². The molecule has 5 heteroatoms. The van der Waals surface area contributed by atoms with Gasteiger partial charge in [-0.3, -0.25) is 4.79 Å². The van der Waals surface area contributed by atoms with Crippen molar-refractivity contribution in [3.8, 4) is 5.75 Å². The third-order valence-electron chi connectivity index (χ3n) is 1.16. The predicted octanol–water partition coefficient (Wildman–Crippen LogP) is 1.11. The molecule has 0 bridgehead atoms.